The maximum atomic E-state index is 10.1. The first kappa shape index (κ1) is 14.9. The van der Waals surface area contributed by atoms with E-state index in [0.717, 1.165) is 6.42 Å². The molecule has 4 heteroatoms. The molecule has 102 valence electrons. The van der Waals surface area contributed by atoms with E-state index in [4.69, 9.17) is 5.11 Å². The average Bonchev–Trinajstić information content (AvgIpc) is 2.25. The number of aliphatic hydroxyl groups is 3. The molecule has 1 fully saturated rings. The lowest BCUT2D eigenvalue weighted by Gasteiger charge is -2.35. The van der Waals surface area contributed by atoms with Crippen LogP contribution in [-0.4, -0.2) is 46.2 Å². The summed E-state index contributed by atoms with van der Waals surface area (Å²) in [5, 5.41) is 32.2. The molecule has 0 aliphatic heterocycles. The van der Waals surface area contributed by atoms with Gasteiger partial charge in [0.2, 0.25) is 0 Å². The van der Waals surface area contributed by atoms with Crippen molar-refractivity contribution in [2.45, 2.75) is 57.8 Å². The molecule has 0 aromatic rings. The molecule has 0 spiro atoms. The molecule has 1 saturated carbocycles. The van der Waals surface area contributed by atoms with E-state index >= 15 is 0 Å². The molecule has 0 saturated heterocycles. The van der Waals surface area contributed by atoms with Gasteiger partial charge in [0.15, 0.2) is 0 Å². The predicted molar refractivity (Wildman–Crippen MR) is 67.7 cm³/mol. The number of aliphatic hydroxyl groups excluding tert-OH is 3. The number of rotatable bonds is 4. The van der Waals surface area contributed by atoms with E-state index < -0.39 is 12.2 Å². The summed E-state index contributed by atoms with van der Waals surface area (Å²) in [6.45, 7) is 6.79. The van der Waals surface area contributed by atoms with Crippen molar-refractivity contribution in [3.63, 3.8) is 0 Å². The Balaban J connectivity index is 2.39. The molecule has 1 aliphatic rings. The standard InChI is InChI=1S/C13H27NO3/c1-13(2,3)14-7-12(17)9-4-5-11(16)10(6-9)8-15/h9-12,14-17H,4-8H2,1-3H3/t9?,10?,11?,12-/m1/s1. The van der Waals surface area contributed by atoms with Gasteiger partial charge in [0.1, 0.15) is 0 Å². The van der Waals surface area contributed by atoms with Crippen LogP contribution in [0.4, 0.5) is 0 Å². The fourth-order valence-corrected chi connectivity index (χ4v) is 2.41. The van der Waals surface area contributed by atoms with Gasteiger partial charge in [-0.2, -0.15) is 0 Å². The zero-order valence-corrected chi connectivity index (χ0v) is 11.2. The van der Waals surface area contributed by atoms with E-state index in [0.29, 0.717) is 19.4 Å². The van der Waals surface area contributed by atoms with Crippen molar-refractivity contribution < 1.29 is 15.3 Å². The smallest absolute Gasteiger partial charge is 0.0693 e. The third-order valence-electron chi connectivity index (χ3n) is 3.60. The molecule has 0 aromatic carbocycles. The molecule has 0 heterocycles. The van der Waals surface area contributed by atoms with Crippen LogP contribution in [0.5, 0.6) is 0 Å². The van der Waals surface area contributed by atoms with Crippen molar-refractivity contribution in [2.75, 3.05) is 13.2 Å². The van der Waals surface area contributed by atoms with Gasteiger partial charge >= 0.3 is 0 Å². The molecule has 3 unspecified atom stereocenters. The van der Waals surface area contributed by atoms with Crippen molar-refractivity contribution in [1.29, 1.82) is 0 Å². The number of hydrogen-bond donors (Lipinski definition) is 4. The van der Waals surface area contributed by atoms with Gasteiger partial charge in [-0.05, 0) is 46.0 Å². The zero-order chi connectivity index (χ0) is 13.1. The summed E-state index contributed by atoms with van der Waals surface area (Å²) in [6, 6.07) is 0. The molecular weight excluding hydrogens is 218 g/mol. The second-order valence-electron chi connectivity index (χ2n) is 6.28. The summed E-state index contributed by atoms with van der Waals surface area (Å²) in [5.41, 5.74) is 0.00550. The molecule has 0 aromatic heterocycles. The van der Waals surface area contributed by atoms with Crippen LogP contribution in [0.15, 0.2) is 0 Å². The number of β-amino-alcohol motifs (C(OH)–C–C–N with tert-alkyl or cyclic N) is 1. The number of hydrogen-bond acceptors (Lipinski definition) is 4. The quantitative estimate of drug-likeness (QED) is 0.582. The van der Waals surface area contributed by atoms with Crippen molar-refractivity contribution in [3.8, 4) is 0 Å². The SMILES string of the molecule is CC(C)(C)NC[C@@H](O)C1CCC(O)C(CO)C1. The van der Waals surface area contributed by atoms with Crippen molar-refractivity contribution in [3.05, 3.63) is 0 Å². The van der Waals surface area contributed by atoms with Gasteiger partial charge in [0.05, 0.1) is 12.2 Å². The first-order valence-corrected chi connectivity index (χ1v) is 6.55. The molecule has 1 rings (SSSR count). The van der Waals surface area contributed by atoms with Gasteiger partial charge in [-0.25, -0.2) is 0 Å². The lowest BCUT2D eigenvalue weighted by atomic mass is 9.77. The van der Waals surface area contributed by atoms with E-state index in [1.807, 2.05) is 0 Å². The topological polar surface area (TPSA) is 72.7 Å². The lowest BCUT2D eigenvalue weighted by Crippen LogP contribution is -2.45. The summed E-state index contributed by atoms with van der Waals surface area (Å²) >= 11 is 0. The van der Waals surface area contributed by atoms with Crippen LogP contribution in [0.25, 0.3) is 0 Å². The Morgan fingerprint density at radius 1 is 1.29 bits per heavy atom. The highest BCUT2D eigenvalue weighted by Crippen LogP contribution is 2.31. The van der Waals surface area contributed by atoms with Crippen molar-refractivity contribution in [2.24, 2.45) is 11.8 Å². The molecular formula is C13H27NO3. The first-order chi connectivity index (χ1) is 7.83. The predicted octanol–water partition coefficient (Wildman–Crippen LogP) is 0.505. The van der Waals surface area contributed by atoms with Gasteiger partial charge in [-0.3, -0.25) is 0 Å². The maximum Gasteiger partial charge on any atom is 0.0693 e. The molecule has 1 aliphatic carbocycles. The van der Waals surface area contributed by atoms with Crippen LogP contribution >= 0.6 is 0 Å². The first-order valence-electron chi connectivity index (χ1n) is 6.55. The number of nitrogens with one attached hydrogen (secondary N) is 1. The molecule has 0 amide bonds. The Bertz CT molecular complexity index is 227. The minimum atomic E-state index is -0.404. The monoisotopic (exact) mass is 245 g/mol. The molecule has 4 N–H and O–H groups in total. The van der Waals surface area contributed by atoms with Gasteiger partial charge < -0.3 is 20.6 Å². The van der Waals surface area contributed by atoms with Gasteiger partial charge in [0, 0.05) is 24.6 Å². The van der Waals surface area contributed by atoms with Crippen molar-refractivity contribution >= 4 is 0 Å². The normalized spacial score (nSPS) is 32.5. The fourth-order valence-electron chi connectivity index (χ4n) is 2.41. The van der Waals surface area contributed by atoms with Gasteiger partial charge in [-0.1, -0.05) is 0 Å². The largest absolute Gasteiger partial charge is 0.396 e. The van der Waals surface area contributed by atoms with Gasteiger partial charge in [0.25, 0.3) is 0 Å². The second-order valence-corrected chi connectivity index (χ2v) is 6.28. The fraction of sp³-hybridized carbons (Fsp3) is 1.00. The molecule has 4 atom stereocenters. The Labute approximate surface area is 104 Å². The Hall–Kier alpha value is -0.160. The van der Waals surface area contributed by atoms with Gasteiger partial charge in [-0.15, -0.1) is 0 Å². The van der Waals surface area contributed by atoms with Crippen LogP contribution < -0.4 is 5.32 Å². The highest BCUT2D eigenvalue weighted by atomic mass is 16.3. The summed E-state index contributed by atoms with van der Waals surface area (Å²) in [5.74, 6) is 0.114. The summed E-state index contributed by atoms with van der Waals surface area (Å²) < 4.78 is 0. The summed E-state index contributed by atoms with van der Waals surface area (Å²) in [4.78, 5) is 0. The van der Waals surface area contributed by atoms with Crippen LogP contribution in [0.1, 0.15) is 40.0 Å². The van der Waals surface area contributed by atoms with E-state index in [1.54, 1.807) is 0 Å². The maximum absolute atomic E-state index is 10.1. The minimum Gasteiger partial charge on any atom is -0.396 e. The summed E-state index contributed by atoms with van der Waals surface area (Å²) in [7, 11) is 0. The molecule has 0 bridgehead atoms. The summed E-state index contributed by atoms with van der Waals surface area (Å²) in [6.07, 6.45) is 1.44. The van der Waals surface area contributed by atoms with Crippen LogP contribution in [0.3, 0.4) is 0 Å². The van der Waals surface area contributed by atoms with Crippen LogP contribution in [0, 0.1) is 11.8 Å². The third-order valence-corrected chi connectivity index (χ3v) is 3.60. The van der Waals surface area contributed by atoms with Crippen LogP contribution in [-0.2, 0) is 0 Å². The van der Waals surface area contributed by atoms with E-state index in [-0.39, 0.29) is 24.0 Å². The third kappa shape index (κ3) is 4.92. The minimum absolute atomic E-state index is 0.00550. The highest BCUT2D eigenvalue weighted by molar-refractivity contribution is 4.85. The van der Waals surface area contributed by atoms with E-state index in [2.05, 4.69) is 26.1 Å². The molecule has 0 radical (unpaired) electrons. The average molecular weight is 245 g/mol. The van der Waals surface area contributed by atoms with Crippen LogP contribution in [0.2, 0.25) is 0 Å². The Kier molecular flexibility index (Phi) is 5.38. The highest BCUT2D eigenvalue weighted by Gasteiger charge is 2.32. The van der Waals surface area contributed by atoms with Crippen molar-refractivity contribution in [1.82, 2.24) is 5.32 Å². The Morgan fingerprint density at radius 2 is 1.94 bits per heavy atom. The molecule has 17 heavy (non-hydrogen) atoms. The lowest BCUT2D eigenvalue weighted by molar-refractivity contribution is -0.0170. The zero-order valence-electron chi connectivity index (χ0n) is 11.2. The van der Waals surface area contributed by atoms with E-state index in [1.165, 1.54) is 0 Å². The second kappa shape index (κ2) is 6.14. The van der Waals surface area contributed by atoms with E-state index in [9.17, 15) is 10.2 Å². The Morgan fingerprint density at radius 3 is 2.47 bits per heavy atom. The molecule has 4 nitrogen and oxygen atoms in total.